The average Bonchev–Trinajstić information content (AvgIpc) is 2.96. The van der Waals surface area contributed by atoms with Gasteiger partial charge in [-0.2, -0.15) is 0 Å². The highest BCUT2D eigenvalue weighted by molar-refractivity contribution is 5.82. The largest absolute Gasteiger partial charge is 0.504 e. The Kier molecular flexibility index (Phi) is 3.02. The standard InChI is InChI=1S/C13H8N2O7/c1-20-10-4-6-7(5-8(10)16)14-12(22-13(6)17)9-2-3-11(21-9)15(18)19/h2-5,16H,1H3. The van der Waals surface area contributed by atoms with Crippen molar-refractivity contribution in [3.8, 4) is 23.1 Å². The van der Waals surface area contributed by atoms with Crippen molar-refractivity contribution >= 4 is 16.8 Å². The summed E-state index contributed by atoms with van der Waals surface area (Å²) in [5, 5.41) is 20.4. The number of aromatic hydroxyl groups is 1. The van der Waals surface area contributed by atoms with Crippen LogP contribution in [0.15, 0.2) is 37.9 Å². The lowest BCUT2D eigenvalue weighted by Crippen LogP contribution is -2.03. The van der Waals surface area contributed by atoms with Gasteiger partial charge < -0.3 is 18.7 Å². The molecule has 0 radical (unpaired) electrons. The Labute approximate surface area is 121 Å². The van der Waals surface area contributed by atoms with E-state index in [9.17, 15) is 20.0 Å². The van der Waals surface area contributed by atoms with E-state index in [1.54, 1.807) is 0 Å². The van der Waals surface area contributed by atoms with Crippen molar-refractivity contribution in [1.29, 1.82) is 0 Å². The number of hydrogen-bond acceptors (Lipinski definition) is 8. The van der Waals surface area contributed by atoms with Crippen molar-refractivity contribution in [1.82, 2.24) is 4.98 Å². The van der Waals surface area contributed by atoms with Gasteiger partial charge in [-0.3, -0.25) is 10.1 Å². The fourth-order valence-electron chi connectivity index (χ4n) is 1.90. The minimum Gasteiger partial charge on any atom is -0.504 e. The highest BCUT2D eigenvalue weighted by Gasteiger charge is 2.18. The lowest BCUT2D eigenvalue weighted by Gasteiger charge is -2.04. The van der Waals surface area contributed by atoms with Crippen molar-refractivity contribution in [2.45, 2.75) is 0 Å². The first-order valence-electron chi connectivity index (χ1n) is 5.96. The third-order valence-corrected chi connectivity index (χ3v) is 2.91. The number of furan rings is 1. The van der Waals surface area contributed by atoms with Crippen LogP contribution in [0, 0.1) is 10.1 Å². The second kappa shape index (κ2) is 4.88. The minimum atomic E-state index is -0.739. The van der Waals surface area contributed by atoms with Gasteiger partial charge in [-0.15, -0.1) is 0 Å². The Morgan fingerprint density at radius 2 is 2.09 bits per heavy atom. The third-order valence-electron chi connectivity index (χ3n) is 2.91. The van der Waals surface area contributed by atoms with E-state index in [1.807, 2.05) is 0 Å². The van der Waals surface area contributed by atoms with Gasteiger partial charge in [0.15, 0.2) is 17.3 Å². The normalized spacial score (nSPS) is 10.8. The lowest BCUT2D eigenvalue weighted by molar-refractivity contribution is -0.401. The maximum atomic E-state index is 12.0. The molecule has 2 aromatic heterocycles. The van der Waals surface area contributed by atoms with E-state index in [1.165, 1.54) is 25.3 Å². The molecule has 1 N–H and O–H groups in total. The molecule has 1 aromatic carbocycles. The first kappa shape index (κ1) is 13.6. The number of aromatic nitrogens is 1. The average molecular weight is 304 g/mol. The number of methoxy groups -OCH3 is 1. The van der Waals surface area contributed by atoms with E-state index in [0.29, 0.717) is 0 Å². The number of phenols is 1. The maximum Gasteiger partial charge on any atom is 0.433 e. The zero-order chi connectivity index (χ0) is 15.9. The SMILES string of the molecule is COc1cc2c(=O)oc(-c3ccc([N+](=O)[O-])o3)nc2cc1O. The van der Waals surface area contributed by atoms with Gasteiger partial charge in [0, 0.05) is 12.1 Å². The second-order valence-corrected chi connectivity index (χ2v) is 4.24. The molecule has 112 valence electrons. The van der Waals surface area contributed by atoms with Gasteiger partial charge >= 0.3 is 11.5 Å². The number of benzene rings is 1. The number of hydrogen-bond donors (Lipinski definition) is 1. The van der Waals surface area contributed by atoms with Crippen LogP contribution in [0.25, 0.3) is 22.6 Å². The number of ether oxygens (including phenoxy) is 1. The Morgan fingerprint density at radius 1 is 1.32 bits per heavy atom. The summed E-state index contributed by atoms with van der Waals surface area (Å²) in [4.78, 5) is 25.9. The molecule has 2 heterocycles. The van der Waals surface area contributed by atoms with Crippen molar-refractivity contribution < 1.29 is 23.6 Å². The van der Waals surface area contributed by atoms with Gasteiger partial charge in [-0.05, 0) is 6.07 Å². The topological polar surface area (TPSA) is 129 Å². The number of nitro groups is 1. The predicted molar refractivity (Wildman–Crippen MR) is 72.9 cm³/mol. The van der Waals surface area contributed by atoms with E-state index in [-0.39, 0.29) is 34.1 Å². The Bertz CT molecular complexity index is 941. The van der Waals surface area contributed by atoms with E-state index >= 15 is 0 Å². The summed E-state index contributed by atoms with van der Waals surface area (Å²) in [6, 6.07) is 4.90. The van der Waals surface area contributed by atoms with Gasteiger partial charge in [-0.1, -0.05) is 0 Å². The summed E-state index contributed by atoms with van der Waals surface area (Å²) in [6.07, 6.45) is 0. The molecule has 0 saturated carbocycles. The molecule has 0 aliphatic heterocycles. The molecule has 0 aliphatic carbocycles. The molecular weight excluding hydrogens is 296 g/mol. The summed E-state index contributed by atoms with van der Waals surface area (Å²) < 4.78 is 14.8. The van der Waals surface area contributed by atoms with Crippen LogP contribution in [-0.2, 0) is 0 Å². The molecule has 22 heavy (non-hydrogen) atoms. The maximum absolute atomic E-state index is 12.0. The summed E-state index contributed by atoms with van der Waals surface area (Å²) >= 11 is 0. The van der Waals surface area contributed by atoms with E-state index in [4.69, 9.17) is 13.6 Å². The predicted octanol–water partition coefficient (Wildman–Crippen LogP) is 2.07. The number of nitrogens with zero attached hydrogens (tertiary/aromatic N) is 2. The van der Waals surface area contributed by atoms with E-state index in [2.05, 4.69) is 4.98 Å². The molecule has 0 unspecified atom stereocenters. The molecule has 0 spiro atoms. The zero-order valence-electron chi connectivity index (χ0n) is 11.1. The smallest absolute Gasteiger partial charge is 0.433 e. The van der Waals surface area contributed by atoms with Crippen molar-refractivity contribution in [2.24, 2.45) is 0 Å². The van der Waals surface area contributed by atoms with Crippen LogP contribution in [0.1, 0.15) is 0 Å². The van der Waals surface area contributed by atoms with Crippen LogP contribution in [0.5, 0.6) is 11.5 Å². The van der Waals surface area contributed by atoms with Crippen LogP contribution in [0.2, 0.25) is 0 Å². The summed E-state index contributed by atoms with van der Waals surface area (Å²) in [6.45, 7) is 0. The summed E-state index contributed by atoms with van der Waals surface area (Å²) in [5.74, 6) is -0.902. The van der Waals surface area contributed by atoms with Crippen molar-refractivity contribution in [3.05, 3.63) is 44.8 Å². The monoisotopic (exact) mass is 304 g/mol. The highest BCUT2D eigenvalue weighted by Crippen LogP contribution is 2.31. The van der Waals surface area contributed by atoms with Crippen LogP contribution in [0.3, 0.4) is 0 Å². The molecular formula is C13H8N2O7. The second-order valence-electron chi connectivity index (χ2n) is 4.24. The number of phenolic OH excluding ortho intramolecular Hbond substituents is 1. The summed E-state index contributed by atoms with van der Waals surface area (Å²) in [5.41, 5.74) is -0.596. The Balaban J connectivity index is 2.19. The minimum absolute atomic E-state index is 0.0685. The Morgan fingerprint density at radius 3 is 2.73 bits per heavy atom. The van der Waals surface area contributed by atoms with Crippen LogP contribution >= 0.6 is 0 Å². The highest BCUT2D eigenvalue weighted by atomic mass is 16.6. The van der Waals surface area contributed by atoms with Gasteiger partial charge in [0.05, 0.1) is 24.1 Å². The van der Waals surface area contributed by atoms with Crippen molar-refractivity contribution in [3.63, 3.8) is 0 Å². The van der Waals surface area contributed by atoms with Gasteiger partial charge in [0.2, 0.25) is 0 Å². The fourth-order valence-corrected chi connectivity index (χ4v) is 1.90. The molecule has 0 amide bonds. The molecule has 0 bridgehead atoms. The Hall–Kier alpha value is -3.36. The quantitative estimate of drug-likeness (QED) is 0.575. The molecule has 0 aliphatic rings. The number of rotatable bonds is 3. The number of fused-ring (bicyclic) bond motifs is 1. The van der Waals surface area contributed by atoms with Crippen LogP contribution in [-0.4, -0.2) is 22.1 Å². The zero-order valence-corrected chi connectivity index (χ0v) is 11.1. The van der Waals surface area contributed by atoms with E-state index in [0.717, 1.165) is 6.07 Å². The van der Waals surface area contributed by atoms with Crippen molar-refractivity contribution in [2.75, 3.05) is 7.11 Å². The molecule has 3 aromatic rings. The summed E-state index contributed by atoms with van der Waals surface area (Å²) in [7, 11) is 1.34. The molecule has 9 heteroatoms. The van der Waals surface area contributed by atoms with Crippen LogP contribution < -0.4 is 10.4 Å². The molecule has 0 atom stereocenters. The molecule has 9 nitrogen and oxygen atoms in total. The molecule has 3 rings (SSSR count). The fraction of sp³-hybridized carbons (Fsp3) is 0.0769. The lowest BCUT2D eigenvalue weighted by atomic mass is 10.2. The third kappa shape index (κ3) is 2.14. The first-order chi connectivity index (χ1) is 10.5. The van der Waals surface area contributed by atoms with Crippen LogP contribution in [0.4, 0.5) is 5.88 Å². The first-order valence-corrected chi connectivity index (χ1v) is 5.96. The van der Waals surface area contributed by atoms with E-state index < -0.39 is 16.4 Å². The van der Waals surface area contributed by atoms with Gasteiger partial charge in [0.1, 0.15) is 4.92 Å². The molecule has 0 saturated heterocycles. The van der Waals surface area contributed by atoms with Gasteiger partial charge in [-0.25, -0.2) is 9.78 Å². The molecule has 0 fully saturated rings. The van der Waals surface area contributed by atoms with Gasteiger partial charge in [0.25, 0.3) is 5.89 Å².